The zero-order chi connectivity index (χ0) is 14.5. The first kappa shape index (κ1) is 17.6. The molecule has 1 unspecified atom stereocenters. The van der Waals surface area contributed by atoms with Crippen molar-refractivity contribution in [3.05, 3.63) is 30.3 Å². The highest BCUT2D eigenvalue weighted by Gasteiger charge is 2.08. The SMILES string of the molecule is CCCCCCCC(CSc1ccccc1)NCCC. The standard InChI is InChI=1S/C18H31NS/c1-3-5-6-7-9-12-17(19-15-4-2)16-20-18-13-10-8-11-14-18/h8,10-11,13-14,17,19H,3-7,9,12,15-16H2,1-2H3. The Morgan fingerprint density at radius 3 is 2.40 bits per heavy atom. The lowest BCUT2D eigenvalue weighted by Crippen LogP contribution is -2.31. The molecule has 0 spiro atoms. The molecule has 0 aromatic heterocycles. The maximum atomic E-state index is 3.71. The highest BCUT2D eigenvalue weighted by molar-refractivity contribution is 7.99. The van der Waals surface area contributed by atoms with Crippen LogP contribution in [0.15, 0.2) is 35.2 Å². The second-order valence-corrected chi connectivity index (χ2v) is 6.57. The highest BCUT2D eigenvalue weighted by atomic mass is 32.2. The van der Waals surface area contributed by atoms with Gasteiger partial charge in [-0.3, -0.25) is 0 Å². The van der Waals surface area contributed by atoms with Crippen molar-refractivity contribution in [3.8, 4) is 0 Å². The van der Waals surface area contributed by atoms with Gasteiger partial charge in [-0.05, 0) is 31.5 Å². The van der Waals surface area contributed by atoms with Crippen LogP contribution in [0.2, 0.25) is 0 Å². The Labute approximate surface area is 129 Å². The van der Waals surface area contributed by atoms with E-state index in [0.717, 1.165) is 6.54 Å². The molecule has 1 N–H and O–H groups in total. The molecule has 0 saturated carbocycles. The van der Waals surface area contributed by atoms with Crippen LogP contribution >= 0.6 is 11.8 Å². The quantitative estimate of drug-likeness (QED) is 0.403. The molecule has 0 aliphatic heterocycles. The predicted octanol–water partition coefficient (Wildman–Crippen LogP) is 5.51. The van der Waals surface area contributed by atoms with Crippen molar-refractivity contribution < 1.29 is 0 Å². The van der Waals surface area contributed by atoms with Crippen LogP contribution in [-0.2, 0) is 0 Å². The third-order valence-corrected chi connectivity index (χ3v) is 4.71. The predicted molar refractivity (Wildman–Crippen MR) is 92.6 cm³/mol. The third kappa shape index (κ3) is 8.65. The lowest BCUT2D eigenvalue weighted by atomic mass is 10.1. The van der Waals surface area contributed by atoms with Crippen molar-refractivity contribution in [1.82, 2.24) is 5.32 Å². The molecule has 1 rings (SSSR count). The Hall–Kier alpha value is -0.470. The van der Waals surface area contributed by atoms with Crippen molar-refractivity contribution in [2.45, 2.75) is 69.7 Å². The van der Waals surface area contributed by atoms with Crippen LogP contribution in [0.4, 0.5) is 0 Å². The molecule has 0 fully saturated rings. The van der Waals surface area contributed by atoms with Gasteiger partial charge >= 0.3 is 0 Å². The lowest BCUT2D eigenvalue weighted by Gasteiger charge is -2.18. The summed E-state index contributed by atoms with van der Waals surface area (Å²) in [4.78, 5) is 1.39. The van der Waals surface area contributed by atoms with Gasteiger partial charge in [-0.15, -0.1) is 11.8 Å². The van der Waals surface area contributed by atoms with Crippen molar-refractivity contribution in [2.75, 3.05) is 12.3 Å². The van der Waals surface area contributed by atoms with Gasteiger partial charge in [0.05, 0.1) is 0 Å². The molecule has 0 bridgehead atoms. The fourth-order valence-corrected chi connectivity index (χ4v) is 3.33. The first-order valence-electron chi connectivity index (χ1n) is 8.28. The number of hydrogen-bond acceptors (Lipinski definition) is 2. The maximum absolute atomic E-state index is 3.71. The normalized spacial score (nSPS) is 12.5. The van der Waals surface area contributed by atoms with E-state index in [0.29, 0.717) is 6.04 Å². The monoisotopic (exact) mass is 293 g/mol. The van der Waals surface area contributed by atoms with E-state index in [1.165, 1.54) is 55.6 Å². The summed E-state index contributed by atoms with van der Waals surface area (Å²) < 4.78 is 0. The number of unbranched alkanes of at least 4 members (excludes halogenated alkanes) is 4. The van der Waals surface area contributed by atoms with Crippen molar-refractivity contribution in [3.63, 3.8) is 0 Å². The van der Waals surface area contributed by atoms with Crippen molar-refractivity contribution in [1.29, 1.82) is 0 Å². The zero-order valence-corrected chi connectivity index (χ0v) is 14.1. The van der Waals surface area contributed by atoms with Gasteiger partial charge in [0.25, 0.3) is 0 Å². The Balaban J connectivity index is 2.24. The summed E-state index contributed by atoms with van der Waals surface area (Å²) in [5, 5.41) is 3.71. The molecule has 20 heavy (non-hydrogen) atoms. The van der Waals surface area contributed by atoms with Gasteiger partial charge in [0.15, 0.2) is 0 Å². The molecular weight excluding hydrogens is 262 g/mol. The molecule has 0 radical (unpaired) electrons. The van der Waals surface area contributed by atoms with E-state index >= 15 is 0 Å². The van der Waals surface area contributed by atoms with Gasteiger partial charge < -0.3 is 5.32 Å². The van der Waals surface area contributed by atoms with E-state index in [9.17, 15) is 0 Å². The number of hydrogen-bond donors (Lipinski definition) is 1. The minimum Gasteiger partial charge on any atom is -0.313 e. The van der Waals surface area contributed by atoms with Crippen LogP contribution in [0.1, 0.15) is 58.8 Å². The number of rotatable bonds is 12. The van der Waals surface area contributed by atoms with Gasteiger partial charge in [0.1, 0.15) is 0 Å². The third-order valence-electron chi connectivity index (χ3n) is 3.53. The molecule has 2 heteroatoms. The molecule has 0 heterocycles. The summed E-state index contributed by atoms with van der Waals surface area (Å²) in [6.45, 7) is 5.67. The van der Waals surface area contributed by atoms with Crippen LogP contribution in [0, 0.1) is 0 Å². The molecule has 1 atom stereocenters. The molecule has 0 aliphatic rings. The Morgan fingerprint density at radius 1 is 0.950 bits per heavy atom. The molecule has 114 valence electrons. The van der Waals surface area contributed by atoms with Crippen molar-refractivity contribution >= 4 is 11.8 Å². The summed E-state index contributed by atoms with van der Waals surface area (Å²) >= 11 is 1.98. The second kappa shape index (κ2) is 12.3. The topological polar surface area (TPSA) is 12.0 Å². The van der Waals surface area contributed by atoms with Crippen LogP contribution in [-0.4, -0.2) is 18.3 Å². The van der Waals surface area contributed by atoms with Crippen molar-refractivity contribution in [2.24, 2.45) is 0 Å². The Bertz CT molecular complexity index is 312. The van der Waals surface area contributed by atoms with Gasteiger partial charge in [-0.25, -0.2) is 0 Å². The van der Waals surface area contributed by atoms with Crippen LogP contribution in [0.3, 0.4) is 0 Å². The largest absolute Gasteiger partial charge is 0.313 e. The minimum absolute atomic E-state index is 0.668. The molecular formula is C18H31NS. The Kier molecular flexibility index (Phi) is 10.8. The van der Waals surface area contributed by atoms with Gasteiger partial charge in [0.2, 0.25) is 0 Å². The van der Waals surface area contributed by atoms with E-state index in [2.05, 4.69) is 49.5 Å². The van der Waals surface area contributed by atoms with E-state index in [1.54, 1.807) is 0 Å². The summed E-state index contributed by atoms with van der Waals surface area (Å²) in [6.07, 6.45) is 9.45. The van der Waals surface area contributed by atoms with Crippen LogP contribution in [0.25, 0.3) is 0 Å². The van der Waals surface area contributed by atoms with Gasteiger partial charge in [-0.2, -0.15) is 0 Å². The lowest BCUT2D eigenvalue weighted by molar-refractivity contribution is 0.485. The first-order chi connectivity index (χ1) is 9.86. The molecule has 1 aromatic carbocycles. The summed E-state index contributed by atoms with van der Waals surface area (Å²) in [5.41, 5.74) is 0. The Morgan fingerprint density at radius 2 is 1.70 bits per heavy atom. The fourth-order valence-electron chi connectivity index (χ4n) is 2.30. The number of nitrogens with one attached hydrogen (secondary N) is 1. The zero-order valence-electron chi connectivity index (χ0n) is 13.2. The molecule has 0 aliphatic carbocycles. The van der Waals surface area contributed by atoms with E-state index in [-0.39, 0.29) is 0 Å². The highest BCUT2D eigenvalue weighted by Crippen LogP contribution is 2.20. The van der Waals surface area contributed by atoms with Gasteiger partial charge in [0, 0.05) is 16.7 Å². The summed E-state index contributed by atoms with van der Waals surface area (Å²) in [5.74, 6) is 1.19. The van der Waals surface area contributed by atoms with Crippen LogP contribution < -0.4 is 5.32 Å². The summed E-state index contributed by atoms with van der Waals surface area (Å²) in [6, 6.07) is 11.4. The number of benzene rings is 1. The molecule has 0 saturated heterocycles. The summed E-state index contributed by atoms with van der Waals surface area (Å²) in [7, 11) is 0. The fraction of sp³-hybridized carbons (Fsp3) is 0.667. The minimum atomic E-state index is 0.668. The van der Waals surface area contributed by atoms with E-state index in [4.69, 9.17) is 0 Å². The molecule has 1 aromatic rings. The average Bonchev–Trinajstić information content (AvgIpc) is 2.50. The first-order valence-corrected chi connectivity index (χ1v) is 9.26. The molecule has 0 amide bonds. The van der Waals surface area contributed by atoms with E-state index < -0.39 is 0 Å². The molecule has 1 nitrogen and oxygen atoms in total. The number of thioether (sulfide) groups is 1. The van der Waals surface area contributed by atoms with E-state index in [1.807, 2.05) is 11.8 Å². The van der Waals surface area contributed by atoms with Crippen LogP contribution in [0.5, 0.6) is 0 Å². The van der Waals surface area contributed by atoms with Gasteiger partial charge in [-0.1, -0.05) is 64.2 Å². The smallest absolute Gasteiger partial charge is 0.0161 e. The second-order valence-electron chi connectivity index (χ2n) is 5.48. The maximum Gasteiger partial charge on any atom is 0.0161 e. The average molecular weight is 294 g/mol.